The fourth-order valence-electron chi connectivity index (χ4n) is 1.40. The second-order valence-corrected chi connectivity index (χ2v) is 3.38. The molecular formula is C7H12N2O2. The first kappa shape index (κ1) is 8.04. The van der Waals surface area contributed by atoms with Crippen molar-refractivity contribution in [1.82, 2.24) is 4.90 Å². The van der Waals surface area contributed by atoms with Crippen molar-refractivity contribution in [2.24, 2.45) is 5.73 Å². The lowest BCUT2D eigenvalue weighted by atomic mass is 10.0. The largest absolute Gasteiger partial charge is 0.351 e. The van der Waals surface area contributed by atoms with Crippen LogP contribution in [-0.2, 0) is 4.79 Å². The molecule has 1 aliphatic heterocycles. The van der Waals surface area contributed by atoms with Crippen molar-refractivity contribution >= 4 is 11.9 Å². The van der Waals surface area contributed by atoms with E-state index in [2.05, 4.69) is 0 Å². The minimum atomic E-state index is -0.641. The van der Waals surface area contributed by atoms with E-state index in [0.717, 1.165) is 4.90 Å². The number of imide groups is 1. The average Bonchev–Trinajstić information content (AvgIpc) is 2.06. The number of hydrogen-bond donors (Lipinski definition) is 1. The molecular weight excluding hydrogens is 144 g/mol. The lowest BCUT2D eigenvalue weighted by molar-refractivity contribution is -0.127. The second-order valence-electron chi connectivity index (χ2n) is 3.38. The van der Waals surface area contributed by atoms with Crippen LogP contribution in [0.5, 0.6) is 0 Å². The molecule has 11 heavy (non-hydrogen) atoms. The van der Waals surface area contributed by atoms with Crippen LogP contribution in [0.2, 0.25) is 0 Å². The Balaban J connectivity index is 2.89. The van der Waals surface area contributed by atoms with Crippen LogP contribution in [0.4, 0.5) is 4.79 Å². The predicted molar refractivity (Wildman–Crippen MR) is 39.7 cm³/mol. The zero-order chi connectivity index (χ0) is 8.65. The number of carbonyl (C=O) groups is 2. The maximum absolute atomic E-state index is 11.1. The number of carbonyl (C=O) groups excluding carboxylic acids is 2. The third kappa shape index (κ3) is 1.20. The Morgan fingerprint density at radius 2 is 2.18 bits per heavy atom. The van der Waals surface area contributed by atoms with Crippen LogP contribution < -0.4 is 5.73 Å². The van der Waals surface area contributed by atoms with Gasteiger partial charge in [0.15, 0.2) is 0 Å². The van der Waals surface area contributed by atoms with Crippen LogP contribution in [0.3, 0.4) is 0 Å². The molecule has 0 aliphatic carbocycles. The average molecular weight is 156 g/mol. The normalized spacial score (nSPS) is 22.4. The molecule has 62 valence electrons. The van der Waals surface area contributed by atoms with Gasteiger partial charge in [0.1, 0.15) is 0 Å². The number of hydrogen-bond acceptors (Lipinski definition) is 2. The van der Waals surface area contributed by atoms with Gasteiger partial charge in [0.05, 0.1) is 0 Å². The van der Waals surface area contributed by atoms with E-state index < -0.39 is 6.03 Å². The van der Waals surface area contributed by atoms with Crippen molar-refractivity contribution in [1.29, 1.82) is 0 Å². The Hall–Kier alpha value is -1.06. The van der Waals surface area contributed by atoms with Gasteiger partial charge in [-0.25, -0.2) is 4.79 Å². The number of likely N-dealkylation sites (tertiary alicyclic amines) is 1. The highest BCUT2D eigenvalue weighted by atomic mass is 16.2. The predicted octanol–water partition coefficient (Wildman–Crippen LogP) is 0.466. The van der Waals surface area contributed by atoms with Crippen LogP contribution in [0, 0.1) is 0 Å². The highest BCUT2D eigenvalue weighted by Crippen LogP contribution is 2.28. The van der Waals surface area contributed by atoms with Crippen LogP contribution in [-0.4, -0.2) is 22.4 Å². The summed E-state index contributed by atoms with van der Waals surface area (Å²) in [5, 5.41) is 0. The molecule has 0 saturated carbocycles. The van der Waals surface area contributed by atoms with Crippen molar-refractivity contribution in [3.63, 3.8) is 0 Å². The quantitative estimate of drug-likeness (QED) is 0.554. The molecule has 4 nitrogen and oxygen atoms in total. The highest BCUT2D eigenvalue weighted by Gasteiger charge is 2.40. The summed E-state index contributed by atoms with van der Waals surface area (Å²) in [6.07, 6.45) is 1.13. The van der Waals surface area contributed by atoms with Crippen LogP contribution in [0.1, 0.15) is 26.7 Å². The van der Waals surface area contributed by atoms with E-state index in [0.29, 0.717) is 12.8 Å². The van der Waals surface area contributed by atoms with E-state index >= 15 is 0 Å². The number of urea groups is 1. The van der Waals surface area contributed by atoms with E-state index in [1.165, 1.54) is 0 Å². The van der Waals surface area contributed by atoms with Gasteiger partial charge in [-0.2, -0.15) is 0 Å². The third-order valence-corrected chi connectivity index (χ3v) is 2.03. The topological polar surface area (TPSA) is 63.4 Å². The van der Waals surface area contributed by atoms with Crippen molar-refractivity contribution in [3.05, 3.63) is 0 Å². The third-order valence-electron chi connectivity index (χ3n) is 2.03. The molecule has 0 atom stereocenters. The minimum absolute atomic E-state index is 0.164. The van der Waals surface area contributed by atoms with Crippen LogP contribution in [0.25, 0.3) is 0 Å². The Morgan fingerprint density at radius 1 is 1.64 bits per heavy atom. The summed E-state index contributed by atoms with van der Waals surface area (Å²) in [7, 11) is 0. The summed E-state index contributed by atoms with van der Waals surface area (Å²) in [5.74, 6) is -0.164. The number of nitrogens with two attached hydrogens (primary N) is 1. The monoisotopic (exact) mass is 156 g/mol. The van der Waals surface area contributed by atoms with E-state index in [9.17, 15) is 9.59 Å². The first-order valence-electron chi connectivity index (χ1n) is 3.57. The second kappa shape index (κ2) is 2.22. The van der Waals surface area contributed by atoms with E-state index in [4.69, 9.17) is 5.73 Å². The summed E-state index contributed by atoms with van der Waals surface area (Å²) >= 11 is 0. The Kier molecular flexibility index (Phi) is 1.62. The molecule has 3 amide bonds. The van der Waals surface area contributed by atoms with Gasteiger partial charge in [-0.15, -0.1) is 0 Å². The highest BCUT2D eigenvalue weighted by molar-refractivity contribution is 5.96. The lowest BCUT2D eigenvalue weighted by Gasteiger charge is -2.27. The Morgan fingerprint density at radius 3 is 2.36 bits per heavy atom. The summed E-state index contributed by atoms with van der Waals surface area (Å²) in [5.41, 5.74) is 4.64. The van der Waals surface area contributed by atoms with E-state index in [-0.39, 0.29) is 11.4 Å². The Bertz CT molecular complexity index is 210. The fraction of sp³-hybridized carbons (Fsp3) is 0.714. The molecule has 0 aromatic heterocycles. The molecule has 0 spiro atoms. The SMILES string of the molecule is CC1(C)CCC(=O)N1C(N)=O. The first-order chi connectivity index (χ1) is 4.95. The van der Waals surface area contributed by atoms with E-state index in [1.807, 2.05) is 13.8 Å². The zero-order valence-electron chi connectivity index (χ0n) is 6.76. The molecule has 0 unspecified atom stereocenters. The van der Waals surface area contributed by atoms with Crippen molar-refractivity contribution in [2.75, 3.05) is 0 Å². The van der Waals surface area contributed by atoms with Crippen molar-refractivity contribution in [3.8, 4) is 0 Å². The van der Waals surface area contributed by atoms with Gasteiger partial charge in [-0.1, -0.05) is 0 Å². The standard InChI is InChI=1S/C7H12N2O2/c1-7(2)4-3-5(10)9(7)6(8)11/h3-4H2,1-2H3,(H2,8,11). The lowest BCUT2D eigenvalue weighted by Crippen LogP contribution is -2.47. The summed E-state index contributed by atoms with van der Waals surface area (Å²) < 4.78 is 0. The number of rotatable bonds is 0. The smallest absolute Gasteiger partial charge is 0.321 e. The molecule has 0 aromatic rings. The molecule has 0 radical (unpaired) electrons. The van der Waals surface area contributed by atoms with E-state index in [1.54, 1.807) is 0 Å². The van der Waals surface area contributed by atoms with Crippen LogP contribution >= 0.6 is 0 Å². The molecule has 1 fully saturated rings. The maximum atomic E-state index is 11.1. The fourth-order valence-corrected chi connectivity index (χ4v) is 1.40. The van der Waals surface area contributed by atoms with Gasteiger partial charge in [-0.3, -0.25) is 9.69 Å². The maximum Gasteiger partial charge on any atom is 0.321 e. The summed E-state index contributed by atoms with van der Waals surface area (Å²) in [6.45, 7) is 3.67. The molecule has 1 heterocycles. The summed E-state index contributed by atoms with van der Waals surface area (Å²) in [4.78, 5) is 22.9. The van der Waals surface area contributed by atoms with Gasteiger partial charge in [0.2, 0.25) is 5.91 Å². The molecule has 1 saturated heterocycles. The minimum Gasteiger partial charge on any atom is -0.351 e. The molecule has 0 aromatic carbocycles. The molecule has 1 aliphatic rings. The molecule has 1 rings (SSSR count). The molecule has 0 bridgehead atoms. The van der Waals surface area contributed by atoms with Gasteiger partial charge in [0.25, 0.3) is 0 Å². The number of amides is 3. The molecule has 2 N–H and O–H groups in total. The van der Waals surface area contributed by atoms with Gasteiger partial charge in [0, 0.05) is 12.0 Å². The van der Waals surface area contributed by atoms with Crippen LogP contribution in [0.15, 0.2) is 0 Å². The summed E-state index contributed by atoms with van der Waals surface area (Å²) in [6, 6.07) is -0.641. The number of primary amides is 1. The van der Waals surface area contributed by atoms with Gasteiger partial charge in [-0.05, 0) is 20.3 Å². The first-order valence-corrected chi connectivity index (χ1v) is 3.57. The Labute approximate surface area is 65.3 Å². The van der Waals surface area contributed by atoms with Crippen molar-refractivity contribution < 1.29 is 9.59 Å². The number of nitrogens with zero attached hydrogens (tertiary/aromatic N) is 1. The van der Waals surface area contributed by atoms with Gasteiger partial charge >= 0.3 is 6.03 Å². The zero-order valence-corrected chi connectivity index (χ0v) is 6.76. The molecule has 4 heteroatoms. The van der Waals surface area contributed by atoms with Gasteiger partial charge < -0.3 is 5.73 Å². The van der Waals surface area contributed by atoms with Crippen molar-refractivity contribution in [2.45, 2.75) is 32.2 Å².